The molecule has 8 saturated carbocycles. The van der Waals surface area contributed by atoms with Gasteiger partial charge in [-0.3, -0.25) is 0 Å². The maximum atomic E-state index is 13.5. The van der Waals surface area contributed by atoms with E-state index in [1.54, 1.807) is 0 Å². The summed E-state index contributed by atoms with van der Waals surface area (Å²) in [6, 6.07) is 33.0. The molecule has 8 fully saturated rings. The normalized spacial score (nSPS) is 32.7. The first-order chi connectivity index (χ1) is 28.4. The van der Waals surface area contributed by atoms with Crippen molar-refractivity contribution in [2.75, 3.05) is 13.2 Å². The summed E-state index contributed by atoms with van der Waals surface area (Å²) >= 11 is 5.10. The van der Waals surface area contributed by atoms with E-state index < -0.39 is 25.0 Å². The fourth-order valence-electron chi connectivity index (χ4n) is 12.8. The monoisotopic (exact) mass is 1040 g/mol. The molecule has 12 rings (SSSR count). The first-order valence-electron chi connectivity index (χ1n) is 21.8. The summed E-state index contributed by atoms with van der Waals surface area (Å²) in [5.74, 6) is 5.77. The molecule has 8 aliphatic carbocycles. The second-order valence-electron chi connectivity index (χ2n) is 19.0. The molecule has 0 aliphatic heterocycles. The van der Waals surface area contributed by atoms with E-state index in [2.05, 4.69) is 87.9 Å². The van der Waals surface area contributed by atoms with Crippen molar-refractivity contribution in [3.05, 3.63) is 97.1 Å². The predicted octanol–water partition coefficient (Wildman–Crippen LogP) is 10.6. The number of ether oxygens (including phenoxy) is 4. The van der Waals surface area contributed by atoms with Crippen LogP contribution in [0.25, 0.3) is 22.3 Å². The van der Waals surface area contributed by atoms with E-state index >= 15 is 0 Å². The zero-order chi connectivity index (χ0) is 40.5. The average Bonchev–Trinajstić information content (AvgIpc) is 3.23. The Morgan fingerprint density at radius 3 is 1.20 bits per heavy atom. The van der Waals surface area contributed by atoms with Crippen molar-refractivity contribution in [1.29, 1.82) is 0 Å². The molecule has 0 N–H and O–H groups in total. The van der Waals surface area contributed by atoms with Gasteiger partial charge in [0.05, 0.1) is 0 Å². The van der Waals surface area contributed by atoms with Gasteiger partial charge in [-0.2, -0.15) is 0 Å². The third-order valence-corrected chi connectivity index (χ3v) is 30.4. The van der Waals surface area contributed by atoms with E-state index in [0.29, 0.717) is 35.2 Å². The Bertz CT molecular complexity index is 2010. The first-order valence-corrected chi connectivity index (χ1v) is 34.5. The minimum atomic E-state index is -3.40. The Labute approximate surface area is 364 Å². The topological polar surface area (TPSA) is 71.1 Å². The van der Waals surface area contributed by atoms with Gasteiger partial charge in [0, 0.05) is 0 Å². The Morgan fingerprint density at radius 1 is 0.525 bits per heavy atom. The summed E-state index contributed by atoms with van der Waals surface area (Å²) < 4.78 is 27.7. The van der Waals surface area contributed by atoms with Gasteiger partial charge in [-0.05, 0) is 12.8 Å². The van der Waals surface area contributed by atoms with Crippen molar-refractivity contribution in [3.63, 3.8) is 0 Å². The van der Waals surface area contributed by atoms with Crippen molar-refractivity contribution in [2.45, 2.75) is 89.3 Å². The molecule has 9 heteroatoms. The SMILES string of the molecule is CC1(OC(=O)COc2ccc([Te](Br)(Br)c3ccc(OCC(=O)OC4(C)C5CC6CC(C5)CC4C6)c(-c4ccccc4)c3)cc2-c2ccccc2)C2CC3CC(C2)CC1C3. The number of halogens is 2. The summed E-state index contributed by atoms with van der Waals surface area (Å²) in [7, 11) is 0. The number of carbonyl (C=O) groups is 2. The Morgan fingerprint density at radius 2 is 0.864 bits per heavy atom. The summed E-state index contributed by atoms with van der Waals surface area (Å²) in [6.07, 6.45) is 12.2. The van der Waals surface area contributed by atoms with Crippen LogP contribution >= 0.6 is 25.5 Å². The quantitative estimate of drug-likeness (QED) is 0.104. The Hall–Kier alpha value is -2.83. The van der Waals surface area contributed by atoms with E-state index in [9.17, 15) is 9.59 Å². The predicted molar refractivity (Wildman–Crippen MR) is 241 cm³/mol. The molecule has 0 spiro atoms. The van der Waals surface area contributed by atoms with Crippen LogP contribution in [0.15, 0.2) is 97.1 Å². The number of rotatable bonds is 12. The van der Waals surface area contributed by atoms with Crippen molar-refractivity contribution in [3.8, 4) is 33.8 Å². The second-order valence-corrected chi connectivity index (χ2v) is 43.2. The van der Waals surface area contributed by atoms with Crippen LogP contribution in [0, 0.1) is 47.3 Å². The molecule has 4 aromatic rings. The third kappa shape index (κ3) is 7.61. The number of carbonyl (C=O) groups excluding carboxylic acids is 2. The van der Waals surface area contributed by atoms with Crippen LogP contribution < -0.4 is 16.7 Å². The minimum absolute atomic E-state index is 0.132. The molecule has 4 aromatic carbocycles. The van der Waals surface area contributed by atoms with Gasteiger partial charge in [0.1, 0.15) is 0 Å². The van der Waals surface area contributed by atoms with Crippen LogP contribution in [-0.2, 0) is 19.1 Å². The molecule has 8 aliphatic rings. The average molecular weight is 1040 g/mol. The molecular formula is C50H54Br2O6Te. The van der Waals surface area contributed by atoms with E-state index in [-0.39, 0.29) is 25.2 Å². The van der Waals surface area contributed by atoms with Crippen molar-refractivity contribution in [2.24, 2.45) is 47.3 Å². The van der Waals surface area contributed by atoms with Gasteiger partial charge < -0.3 is 0 Å². The van der Waals surface area contributed by atoms with Crippen LogP contribution in [0.3, 0.4) is 0 Å². The maximum absolute atomic E-state index is 13.5. The molecule has 0 radical (unpaired) electrons. The molecule has 6 nitrogen and oxygen atoms in total. The molecule has 59 heavy (non-hydrogen) atoms. The summed E-state index contributed by atoms with van der Waals surface area (Å²) in [6.45, 7) is 4.10. The number of hydrogen-bond acceptors (Lipinski definition) is 6. The molecule has 0 heterocycles. The van der Waals surface area contributed by atoms with Crippen molar-refractivity contribution in [1.82, 2.24) is 0 Å². The number of esters is 2. The van der Waals surface area contributed by atoms with Crippen LogP contribution in [0.2, 0.25) is 0 Å². The molecular weight excluding hydrogens is 984 g/mol. The van der Waals surface area contributed by atoms with E-state index in [0.717, 1.165) is 53.1 Å². The molecule has 0 amide bonds. The zero-order valence-corrected chi connectivity index (χ0v) is 39.5. The first kappa shape index (κ1) is 40.3. The van der Waals surface area contributed by atoms with Crippen LogP contribution in [0.4, 0.5) is 0 Å². The Kier molecular flexibility index (Phi) is 10.8. The fourth-order valence-corrected chi connectivity index (χ4v) is 21.9. The second kappa shape index (κ2) is 15.8. The summed E-state index contributed by atoms with van der Waals surface area (Å²) in [5, 5.41) is 0. The fraction of sp³-hybridized carbons (Fsp3) is 0.480. The number of hydrogen-bond donors (Lipinski definition) is 0. The summed E-state index contributed by atoms with van der Waals surface area (Å²) in [4.78, 5) is 27.0. The Balaban J connectivity index is 0.878. The van der Waals surface area contributed by atoms with Crippen molar-refractivity contribution >= 4 is 58.4 Å². The van der Waals surface area contributed by atoms with Gasteiger partial charge in [-0.15, -0.1) is 0 Å². The third-order valence-electron chi connectivity index (χ3n) is 15.5. The van der Waals surface area contributed by atoms with Gasteiger partial charge >= 0.3 is 355 Å². The van der Waals surface area contributed by atoms with Gasteiger partial charge in [0.15, 0.2) is 0 Å². The standard InChI is InChI=1S/C50H54Br2O6Te/c1-49(37-19-31-17-32(21-37)22-38(49)20-31)57-47(53)29-55-45-15-13-41(27-43(45)35-9-5-3-6-10-35)59(51,52)42-14-16-46(44(28-42)36-11-7-4-8-12-36)56-30-48(54)58-50(2)39-23-33-18-34(25-39)26-40(50)24-33/h3-16,27-28,31-34,37-40H,17-26,29-30H2,1-2H3. The van der Waals surface area contributed by atoms with Gasteiger partial charge in [0.2, 0.25) is 0 Å². The van der Waals surface area contributed by atoms with Crippen LogP contribution in [0.1, 0.15) is 78.1 Å². The molecule has 0 saturated heterocycles. The zero-order valence-electron chi connectivity index (χ0n) is 34.0. The molecule has 0 unspecified atom stereocenters. The van der Waals surface area contributed by atoms with E-state index in [1.165, 1.54) is 64.2 Å². The van der Waals surface area contributed by atoms with E-state index in [4.69, 9.17) is 18.9 Å². The molecule has 8 bridgehead atoms. The van der Waals surface area contributed by atoms with Gasteiger partial charge in [-0.1, -0.05) is 0 Å². The molecule has 310 valence electrons. The molecule has 0 atom stereocenters. The van der Waals surface area contributed by atoms with Crippen molar-refractivity contribution < 1.29 is 28.5 Å². The summed E-state index contributed by atoms with van der Waals surface area (Å²) in [5.41, 5.74) is 3.06. The van der Waals surface area contributed by atoms with Crippen LogP contribution in [0.5, 0.6) is 11.5 Å². The van der Waals surface area contributed by atoms with Gasteiger partial charge in [0.25, 0.3) is 0 Å². The number of benzene rings is 4. The van der Waals surface area contributed by atoms with Crippen LogP contribution in [-0.4, -0.2) is 50.1 Å². The molecule has 0 aromatic heterocycles. The van der Waals surface area contributed by atoms with Gasteiger partial charge in [-0.25, -0.2) is 0 Å². The van der Waals surface area contributed by atoms with E-state index in [1.807, 2.05) is 48.5 Å².